The van der Waals surface area contributed by atoms with Crippen LogP contribution in [0.2, 0.25) is 0 Å². The Bertz CT molecular complexity index is 698. The summed E-state index contributed by atoms with van der Waals surface area (Å²) in [5.74, 6) is 0.644. The first-order valence-corrected chi connectivity index (χ1v) is 9.64. The van der Waals surface area contributed by atoms with E-state index in [0.717, 1.165) is 23.4 Å². The molecule has 24 heavy (non-hydrogen) atoms. The highest BCUT2D eigenvalue weighted by Crippen LogP contribution is 2.35. The van der Waals surface area contributed by atoms with Gasteiger partial charge >= 0.3 is 0 Å². The number of ether oxygens (including phenoxy) is 2. The van der Waals surface area contributed by atoms with Gasteiger partial charge in [0.2, 0.25) is 15.9 Å². The number of carbonyl (C=O) groups is 1. The Balaban J connectivity index is 2.47. The average Bonchev–Trinajstić information content (AvgIpc) is 3.07. The van der Waals surface area contributed by atoms with E-state index in [-0.39, 0.29) is 5.91 Å². The third-order valence-electron chi connectivity index (χ3n) is 4.11. The Morgan fingerprint density at radius 3 is 2.33 bits per heavy atom. The molecule has 1 heterocycles. The van der Waals surface area contributed by atoms with Gasteiger partial charge < -0.3 is 14.4 Å². The molecule has 0 radical (unpaired) electrons. The predicted octanol–water partition coefficient (Wildman–Crippen LogP) is 1.48. The molecule has 1 aromatic rings. The summed E-state index contributed by atoms with van der Waals surface area (Å²) in [6, 6.07) is 4.00. The molecule has 134 valence electrons. The predicted molar refractivity (Wildman–Crippen MR) is 92.1 cm³/mol. The minimum atomic E-state index is -3.70. The number of methoxy groups -OCH3 is 2. The van der Waals surface area contributed by atoms with Crippen molar-refractivity contribution in [3.63, 3.8) is 0 Å². The summed E-state index contributed by atoms with van der Waals surface area (Å²) in [4.78, 5) is 14.4. The minimum absolute atomic E-state index is 0.206. The zero-order valence-corrected chi connectivity index (χ0v) is 15.3. The lowest BCUT2D eigenvalue weighted by molar-refractivity contribution is -0.130. The molecule has 0 N–H and O–H groups in total. The molecule has 0 unspecified atom stereocenters. The molecule has 2 rings (SSSR count). The normalized spacial score (nSPS) is 15.9. The van der Waals surface area contributed by atoms with Crippen molar-refractivity contribution in [2.24, 2.45) is 0 Å². The van der Waals surface area contributed by atoms with Crippen LogP contribution >= 0.6 is 0 Å². The summed E-state index contributed by atoms with van der Waals surface area (Å²) in [6.45, 7) is 2.92. The van der Waals surface area contributed by atoms with Gasteiger partial charge in [0.1, 0.15) is 17.5 Å². The van der Waals surface area contributed by atoms with E-state index >= 15 is 0 Å². The van der Waals surface area contributed by atoms with Crippen LogP contribution in [0.25, 0.3) is 0 Å². The van der Waals surface area contributed by atoms with Gasteiger partial charge in [0, 0.05) is 19.2 Å². The summed E-state index contributed by atoms with van der Waals surface area (Å²) >= 11 is 0. The first-order chi connectivity index (χ1) is 11.3. The molecule has 1 saturated heterocycles. The largest absolute Gasteiger partial charge is 0.497 e. The van der Waals surface area contributed by atoms with Gasteiger partial charge in [-0.25, -0.2) is 8.42 Å². The fraction of sp³-hybridized carbons (Fsp3) is 0.562. The van der Waals surface area contributed by atoms with Crippen LogP contribution in [0.4, 0.5) is 5.69 Å². The smallest absolute Gasteiger partial charge is 0.246 e. The summed E-state index contributed by atoms with van der Waals surface area (Å²) in [5, 5.41) is 0. The maximum Gasteiger partial charge on any atom is 0.246 e. The molecule has 0 bridgehead atoms. The summed E-state index contributed by atoms with van der Waals surface area (Å²) in [7, 11) is -0.747. The number of carbonyl (C=O) groups excluding carboxylic acids is 1. The Labute approximate surface area is 143 Å². The molecular weight excluding hydrogens is 332 g/mol. The highest BCUT2D eigenvalue weighted by molar-refractivity contribution is 7.92. The highest BCUT2D eigenvalue weighted by Gasteiger charge is 2.34. The summed E-state index contributed by atoms with van der Waals surface area (Å²) in [5.41, 5.74) is 0.291. The molecule has 0 aliphatic carbocycles. The second kappa shape index (κ2) is 7.29. The van der Waals surface area contributed by atoms with Crippen LogP contribution in [0.3, 0.4) is 0 Å². The van der Waals surface area contributed by atoms with Crippen molar-refractivity contribution in [3.8, 4) is 11.5 Å². The third-order valence-corrected chi connectivity index (χ3v) is 5.34. The van der Waals surface area contributed by atoms with Gasteiger partial charge in [-0.3, -0.25) is 9.10 Å². The van der Waals surface area contributed by atoms with Crippen LogP contribution in [0.5, 0.6) is 11.5 Å². The van der Waals surface area contributed by atoms with E-state index in [0.29, 0.717) is 30.3 Å². The van der Waals surface area contributed by atoms with Crippen LogP contribution in [0.1, 0.15) is 19.8 Å². The third kappa shape index (κ3) is 3.75. The lowest BCUT2D eigenvalue weighted by Crippen LogP contribution is -2.48. The van der Waals surface area contributed by atoms with Gasteiger partial charge in [-0.15, -0.1) is 0 Å². The van der Waals surface area contributed by atoms with E-state index < -0.39 is 16.1 Å². The van der Waals surface area contributed by atoms with E-state index in [2.05, 4.69) is 0 Å². The summed E-state index contributed by atoms with van der Waals surface area (Å²) < 4.78 is 36.4. The minimum Gasteiger partial charge on any atom is -0.497 e. The van der Waals surface area contributed by atoms with Crippen molar-refractivity contribution in [1.82, 2.24) is 4.90 Å². The monoisotopic (exact) mass is 356 g/mol. The molecule has 1 aromatic carbocycles. The van der Waals surface area contributed by atoms with Crippen molar-refractivity contribution < 1.29 is 22.7 Å². The molecule has 1 aliphatic rings. The van der Waals surface area contributed by atoms with Crippen LogP contribution in [-0.2, 0) is 14.8 Å². The highest BCUT2D eigenvalue weighted by atomic mass is 32.2. The first-order valence-electron chi connectivity index (χ1n) is 7.79. The Hall–Kier alpha value is -1.96. The number of amides is 1. The van der Waals surface area contributed by atoms with Crippen LogP contribution in [-0.4, -0.2) is 58.8 Å². The molecule has 1 atom stereocenters. The molecule has 1 fully saturated rings. The number of hydrogen-bond donors (Lipinski definition) is 0. The molecule has 1 aliphatic heterocycles. The van der Waals surface area contributed by atoms with Crippen molar-refractivity contribution in [2.45, 2.75) is 25.8 Å². The zero-order valence-electron chi connectivity index (χ0n) is 14.5. The summed E-state index contributed by atoms with van der Waals surface area (Å²) in [6.07, 6.45) is 2.97. The lowest BCUT2D eigenvalue weighted by atomic mass is 10.2. The molecule has 0 aromatic heterocycles. The SMILES string of the molecule is COc1ccc(OC)c(N([C@H](C)C(=O)N2CCCC2)S(C)(=O)=O)c1. The van der Waals surface area contributed by atoms with E-state index in [1.54, 1.807) is 30.0 Å². The zero-order chi connectivity index (χ0) is 17.9. The maximum atomic E-state index is 12.7. The van der Waals surface area contributed by atoms with E-state index in [1.165, 1.54) is 14.2 Å². The number of nitrogens with zero attached hydrogens (tertiary/aromatic N) is 2. The molecule has 1 amide bonds. The lowest BCUT2D eigenvalue weighted by Gasteiger charge is -2.32. The second-order valence-electron chi connectivity index (χ2n) is 5.80. The number of hydrogen-bond acceptors (Lipinski definition) is 5. The van der Waals surface area contributed by atoms with Gasteiger partial charge in [0.15, 0.2) is 0 Å². The molecule has 0 spiro atoms. The van der Waals surface area contributed by atoms with Crippen molar-refractivity contribution in [2.75, 3.05) is 37.9 Å². The standard InChI is InChI=1S/C16H24N2O5S/c1-12(16(19)17-9-5-6-10-17)18(24(4,20)21)14-11-13(22-2)7-8-15(14)23-3/h7-8,11-12H,5-6,9-10H2,1-4H3/t12-/m1/s1. The molecule has 8 heteroatoms. The van der Waals surface area contributed by atoms with Gasteiger partial charge in [0.25, 0.3) is 0 Å². The van der Waals surface area contributed by atoms with E-state index in [4.69, 9.17) is 9.47 Å². The fourth-order valence-corrected chi connectivity index (χ4v) is 4.11. The average molecular weight is 356 g/mol. The first kappa shape index (κ1) is 18.4. The van der Waals surface area contributed by atoms with Crippen molar-refractivity contribution in [1.29, 1.82) is 0 Å². The van der Waals surface area contributed by atoms with E-state index in [9.17, 15) is 13.2 Å². The van der Waals surface area contributed by atoms with E-state index in [1.807, 2.05) is 0 Å². The van der Waals surface area contributed by atoms with Crippen molar-refractivity contribution in [3.05, 3.63) is 18.2 Å². The number of benzene rings is 1. The Morgan fingerprint density at radius 2 is 1.83 bits per heavy atom. The van der Waals surface area contributed by atoms with Crippen LogP contribution < -0.4 is 13.8 Å². The van der Waals surface area contributed by atoms with Crippen LogP contribution in [0, 0.1) is 0 Å². The maximum absolute atomic E-state index is 12.7. The second-order valence-corrected chi connectivity index (χ2v) is 7.66. The van der Waals surface area contributed by atoms with Gasteiger partial charge in [-0.1, -0.05) is 0 Å². The molecule has 7 nitrogen and oxygen atoms in total. The van der Waals surface area contributed by atoms with Crippen molar-refractivity contribution >= 4 is 21.6 Å². The number of rotatable bonds is 6. The number of likely N-dealkylation sites (tertiary alicyclic amines) is 1. The topological polar surface area (TPSA) is 76.2 Å². The Morgan fingerprint density at radius 1 is 1.21 bits per heavy atom. The Kier molecular flexibility index (Phi) is 5.58. The van der Waals surface area contributed by atoms with Crippen LogP contribution in [0.15, 0.2) is 18.2 Å². The molecule has 0 saturated carbocycles. The number of sulfonamides is 1. The fourth-order valence-electron chi connectivity index (χ4n) is 2.95. The van der Waals surface area contributed by atoms with Gasteiger partial charge in [-0.05, 0) is 31.9 Å². The number of anilines is 1. The van der Waals surface area contributed by atoms with Gasteiger partial charge in [0.05, 0.1) is 26.2 Å². The molecular formula is C16H24N2O5S. The quantitative estimate of drug-likeness (QED) is 0.772. The van der Waals surface area contributed by atoms with Gasteiger partial charge in [-0.2, -0.15) is 0 Å².